The van der Waals surface area contributed by atoms with E-state index in [4.69, 9.17) is 5.11 Å². The Bertz CT molecular complexity index is 542. The van der Waals surface area contributed by atoms with E-state index in [0.717, 1.165) is 25.7 Å². The molecular formula is C14H17NO5S. The van der Waals surface area contributed by atoms with Crippen LogP contribution in [-0.2, 0) is 27.2 Å². The Morgan fingerprint density at radius 3 is 2.71 bits per heavy atom. The number of carboxylic acids is 1. The van der Waals surface area contributed by atoms with Crippen LogP contribution in [0.2, 0.25) is 0 Å². The van der Waals surface area contributed by atoms with Gasteiger partial charge in [-0.05, 0) is 37.3 Å². The number of hydrogen-bond donors (Lipinski definition) is 2. The summed E-state index contributed by atoms with van der Waals surface area (Å²) >= 11 is 1.40. The summed E-state index contributed by atoms with van der Waals surface area (Å²) in [5.41, 5.74) is 1.18. The summed E-state index contributed by atoms with van der Waals surface area (Å²) in [6.07, 6.45) is 3.78. The second-order valence-corrected chi connectivity index (χ2v) is 6.05. The average molecular weight is 311 g/mol. The molecule has 1 heterocycles. The third kappa shape index (κ3) is 3.81. The molecule has 0 fully saturated rings. The minimum Gasteiger partial charge on any atom is -0.480 e. The predicted octanol–water partition coefficient (Wildman–Crippen LogP) is 1.37. The van der Waals surface area contributed by atoms with Gasteiger partial charge in [-0.1, -0.05) is 0 Å². The fraction of sp³-hybridized carbons (Fsp3) is 0.500. The maximum atomic E-state index is 12.1. The van der Waals surface area contributed by atoms with E-state index in [1.807, 2.05) is 6.07 Å². The Hall–Kier alpha value is -1.89. The number of carbonyl (C=O) groups is 3. The van der Waals surface area contributed by atoms with Crippen molar-refractivity contribution >= 4 is 29.2 Å². The van der Waals surface area contributed by atoms with Gasteiger partial charge in [-0.2, -0.15) is 0 Å². The minimum absolute atomic E-state index is 0.386. The first-order valence-electron chi connectivity index (χ1n) is 6.73. The van der Waals surface area contributed by atoms with E-state index in [2.05, 4.69) is 10.1 Å². The summed E-state index contributed by atoms with van der Waals surface area (Å²) in [7, 11) is 1.18. The third-order valence-electron chi connectivity index (χ3n) is 3.42. The molecule has 1 aliphatic rings. The number of hydrogen-bond acceptors (Lipinski definition) is 5. The van der Waals surface area contributed by atoms with Gasteiger partial charge in [0.15, 0.2) is 0 Å². The van der Waals surface area contributed by atoms with E-state index in [9.17, 15) is 14.4 Å². The standard InChI is InChI=1S/C14H17NO5S/c1-20-12(16)7-9(14(18)19)15-13(17)11-6-8-4-2-3-5-10(8)21-11/h6,9H,2-5,7H2,1H3,(H,15,17)(H,18,19)/t9-/m0/s1. The molecule has 114 valence electrons. The summed E-state index contributed by atoms with van der Waals surface area (Å²) in [6, 6.07) is 0.551. The van der Waals surface area contributed by atoms with Gasteiger partial charge in [0.1, 0.15) is 6.04 Å². The Balaban J connectivity index is 2.06. The highest BCUT2D eigenvalue weighted by molar-refractivity contribution is 7.14. The number of fused-ring (bicyclic) bond motifs is 1. The molecule has 0 bridgehead atoms. The van der Waals surface area contributed by atoms with Crippen LogP contribution >= 0.6 is 11.3 Å². The van der Waals surface area contributed by atoms with Gasteiger partial charge in [-0.15, -0.1) is 11.3 Å². The SMILES string of the molecule is COC(=O)C[C@H](NC(=O)c1cc2c(s1)CCCC2)C(=O)O. The van der Waals surface area contributed by atoms with Crippen LogP contribution in [0.3, 0.4) is 0 Å². The lowest BCUT2D eigenvalue weighted by molar-refractivity contribution is -0.147. The van der Waals surface area contributed by atoms with E-state index >= 15 is 0 Å². The van der Waals surface area contributed by atoms with Crippen molar-refractivity contribution in [2.75, 3.05) is 7.11 Å². The molecular weight excluding hydrogens is 294 g/mol. The Morgan fingerprint density at radius 1 is 1.38 bits per heavy atom. The zero-order valence-electron chi connectivity index (χ0n) is 11.7. The van der Waals surface area contributed by atoms with Crippen LogP contribution in [0.15, 0.2) is 6.07 Å². The van der Waals surface area contributed by atoms with E-state index in [1.54, 1.807) is 0 Å². The van der Waals surface area contributed by atoms with Gasteiger partial charge < -0.3 is 15.2 Å². The number of methoxy groups -OCH3 is 1. The third-order valence-corrected chi connectivity index (χ3v) is 4.66. The van der Waals surface area contributed by atoms with E-state index in [-0.39, 0.29) is 6.42 Å². The van der Waals surface area contributed by atoms with Crippen molar-refractivity contribution in [2.24, 2.45) is 0 Å². The van der Waals surface area contributed by atoms with Crippen LogP contribution in [0.5, 0.6) is 0 Å². The van der Waals surface area contributed by atoms with Gasteiger partial charge in [0.05, 0.1) is 18.4 Å². The Morgan fingerprint density at radius 2 is 2.10 bits per heavy atom. The highest BCUT2D eigenvalue weighted by atomic mass is 32.1. The molecule has 1 atom stereocenters. The number of esters is 1. The highest BCUT2D eigenvalue weighted by Gasteiger charge is 2.25. The number of amides is 1. The molecule has 2 rings (SSSR count). The van der Waals surface area contributed by atoms with Crippen molar-refractivity contribution in [2.45, 2.75) is 38.1 Å². The second kappa shape index (κ2) is 6.71. The molecule has 7 heteroatoms. The molecule has 0 unspecified atom stereocenters. The number of aliphatic carboxylic acids is 1. The number of aryl methyl sites for hydroxylation is 2. The molecule has 1 aromatic rings. The zero-order chi connectivity index (χ0) is 15.4. The summed E-state index contributed by atoms with van der Waals surface area (Å²) in [6.45, 7) is 0. The van der Waals surface area contributed by atoms with Crippen LogP contribution in [-0.4, -0.2) is 36.1 Å². The molecule has 21 heavy (non-hydrogen) atoms. The fourth-order valence-electron chi connectivity index (χ4n) is 2.28. The normalized spacial score (nSPS) is 14.9. The fourth-order valence-corrected chi connectivity index (χ4v) is 3.44. The van der Waals surface area contributed by atoms with Gasteiger partial charge in [-0.25, -0.2) is 4.79 Å². The van der Waals surface area contributed by atoms with Crippen molar-refractivity contribution in [3.63, 3.8) is 0 Å². The van der Waals surface area contributed by atoms with E-state index in [1.165, 1.54) is 28.9 Å². The van der Waals surface area contributed by atoms with Crippen LogP contribution in [0.25, 0.3) is 0 Å². The average Bonchev–Trinajstić information content (AvgIpc) is 2.90. The van der Waals surface area contributed by atoms with Crippen LogP contribution in [0.1, 0.15) is 39.4 Å². The molecule has 6 nitrogen and oxygen atoms in total. The second-order valence-electron chi connectivity index (χ2n) is 4.91. The van der Waals surface area contributed by atoms with Gasteiger partial charge in [-0.3, -0.25) is 9.59 Å². The highest BCUT2D eigenvalue weighted by Crippen LogP contribution is 2.29. The van der Waals surface area contributed by atoms with Crippen LogP contribution < -0.4 is 5.32 Å². The van der Waals surface area contributed by atoms with Gasteiger partial charge >= 0.3 is 11.9 Å². The number of nitrogens with one attached hydrogen (secondary N) is 1. The smallest absolute Gasteiger partial charge is 0.326 e. The lowest BCUT2D eigenvalue weighted by atomic mass is 9.99. The number of ether oxygens (including phenoxy) is 1. The van der Waals surface area contributed by atoms with Crippen molar-refractivity contribution < 1.29 is 24.2 Å². The van der Waals surface area contributed by atoms with Crippen LogP contribution in [0, 0.1) is 0 Å². The number of carbonyl (C=O) groups excluding carboxylic acids is 2. The van der Waals surface area contributed by atoms with Gasteiger partial charge in [0.25, 0.3) is 5.91 Å². The monoisotopic (exact) mass is 311 g/mol. The molecule has 1 aromatic heterocycles. The Kier molecular flexibility index (Phi) is 4.95. The van der Waals surface area contributed by atoms with Gasteiger partial charge in [0.2, 0.25) is 0 Å². The molecule has 2 N–H and O–H groups in total. The molecule has 1 aliphatic carbocycles. The van der Waals surface area contributed by atoms with Crippen molar-refractivity contribution in [1.29, 1.82) is 0 Å². The summed E-state index contributed by atoms with van der Waals surface area (Å²) in [5, 5.41) is 11.4. The van der Waals surface area contributed by atoms with Gasteiger partial charge in [0, 0.05) is 4.88 Å². The minimum atomic E-state index is -1.27. The van der Waals surface area contributed by atoms with Crippen molar-refractivity contribution in [1.82, 2.24) is 5.32 Å². The first kappa shape index (κ1) is 15.5. The van der Waals surface area contributed by atoms with Crippen molar-refractivity contribution in [3.8, 4) is 0 Å². The topological polar surface area (TPSA) is 92.7 Å². The molecule has 0 saturated heterocycles. The number of carboxylic acid groups (broad SMARTS) is 1. The maximum Gasteiger partial charge on any atom is 0.326 e. The molecule has 1 amide bonds. The number of thiophene rings is 1. The van der Waals surface area contributed by atoms with E-state index < -0.39 is 23.9 Å². The Labute approximate surface area is 126 Å². The molecule has 0 radical (unpaired) electrons. The first-order valence-corrected chi connectivity index (χ1v) is 7.55. The lowest BCUT2D eigenvalue weighted by Crippen LogP contribution is -2.42. The number of rotatable bonds is 5. The molecule has 0 saturated carbocycles. The first-order chi connectivity index (χ1) is 10.0. The largest absolute Gasteiger partial charge is 0.480 e. The molecule has 0 spiro atoms. The maximum absolute atomic E-state index is 12.1. The predicted molar refractivity (Wildman–Crippen MR) is 76.5 cm³/mol. The van der Waals surface area contributed by atoms with E-state index in [0.29, 0.717) is 4.88 Å². The van der Waals surface area contributed by atoms with Crippen molar-refractivity contribution in [3.05, 3.63) is 21.4 Å². The quantitative estimate of drug-likeness (QED) is 0.801. The van der Waals surface area contributed by atoms with Crippen LogP contribution in [0.4, 0.5) is 0 Å². The molecule has 0 aromatic carbocycles. The summed E-state index contributed by atoms with van der Waals surface area (Å²) in [5.74, 6) is -2.38. The molecule has 0 aliphatic heterocycles. The lowest BCUT2D eigenvalue weighted by Gasteiger charge is -2.12. The zero-order valence-corrected chi connectivity index (χ0v) is 12.5. The summed E-state index contributed by atoms with van der Waals surface area (Å²) < 4.78 is 4.43. The summed E-state index contributed by atoms with van der Waals surface area (Å²) in [4.78, 5) is 36.1.